The zero-order valence-corrected chi connectivity index (χ0v) is 10.5. The van der Waals surface area contributed by atoms with Gasteiger partial charge < -0.3 is 0 Å². The van der Waals surface area contributed by atoms with Gasteiger partial charge in [-0.2, -0.15) is 18.4 Å². The Morgan fingerprint density at radius 1 is 0.952 bits per heavy atom. The minimum Gasteiger partial charge on any atom is -0.207 e. The molecule has 2 aromatic rings. The lowest BCUT2D eigenvalue weighted by Gasteiger charge is -2.13. The van der Waals surface area contributed by atoms with Crippen molar-refractivity contribution in [3.63, 3.8) is 0 Å². The molecule has 0 saturated heterocycles. The molecule has 0 unspecified atom stereocenters. The van der Waals surface area contributed by atoms with Crippen LogP contribution in [0.3, 0.4) is 0 Å². The van der Waals surface area contributed by atoms with Gasteiger partial charge in [0.1, 0.15) is 11.6 Å². The molecular weight excluding hydrogens is 289 g/mol. The molecule has 0 fully saturated rings. The van der Waals surface area contributed by atoms with E-state index in [1.807, 2.05) is 0 Å². The van der Waals surface area contributed by atoms with Crippen LogP contribution < -0.4 is 0 Å². The molecule has 0 atom stereocenters. The summed E-state index contributed by atoms with van der Waals surface area (Å²) in [6, 6.07) is 6.95. The number of nitriles is 1. The standard InChI is InChI=1S/C15H8F5N/c16-11-3-4-14(17)13(8-11)12-7-10(15(18,19)20)2-1-9(12)5-6-21/h1-4,7-8H,5H2. The van der Waals surface area contributed by atoms with Gasteiger partial charge >= 0.3 is 6.18 Å². The molecule has 0 aliphatic carbocycles. The summed E-state index contributed by atoms with van der Waals surface area (Å²) in [4.78, 5) is 0. The summed E-state index contributed by atoms with van der Waals surface area (Å²) in [5.41, 5.74) is -1.22. The molecule has 0 aromatic heterocycles. The Hall–Kier alpha value is -2.42. The van der Waals surface area contributed by atoms with Crippen LogP contribution in [-0.2, 0) is 12.6 Å². The monoisotopic (exact) mass is 297 g/mol. The maximum atomic E-state index is 13.8. The van der Waals surface area contributed by atoms with Gasteiger partial charge in [0.05, 0.1) is 18.1 Å². The third-order valence-corrected chi connectivity index (χ3v) is 2.93. The quantitative estimate of drug-likeness (QED) is 0.736. The number of hydrogen-bond donors (Lipinski definition) is 0. The van der Waals surface area contributed by atoms with Crippen LogP contribution >= 0.6 is 0 Å². The Morgan fingerprint density at radius 2 is 1.67 bits per heavy atom. The first kappa shape index (κ1) is 15.0. The minimum absolute atomic E-state index is 0.136. The zero-order chi connectivity index (χ0) is 15.6. The van der Waals surface area contributed by atoms with Crippen molar-refractivity contribution in [2.75, 3.05) is 0 Å². The second-order valence-electron chi connectivity index (χ2n) is 4.33. The molecule has 0 saturated carbocycles. The highest BCUT2D eigenvalue weighted by Gasteiger charge is 2.31. The average Bonchev–Trinajstić information content (AvgIpc) is 2.41. The van der Waals surface area contributed by atoms with Crippen molar-refractivity contribution in [2.45, 2.75) is 12.6 Å². The van der Waals surface area contributed by atoms with Crippen LogP contribution in [0.2, 0.25) is 0 Å². The van der Waals surface area contributed by atoms with E-state index in [1.54, 1.807) is 6.07 Å². The first-order valence-corrected chi connectivity index (χ1v) is 5.85. The highest BCUT2D eigenvalue weighted by molar-refractivity contribution is 5.69. The maximum Gasteiger partial charge on any atom is 0.416 e. The van der Waals surface area contributed by atoms with Crippen LogP contribution in [0.25, 0.3) is 11.1 Å². The third-order valence-electron chi connectivity index (χ3n) is 2.93. The van der Waals surface area contributed by atoms with Gasteiger partial charge in [0.15, 0.2) is 0 Å². The van der Waals surface area contributed by atoms with Crippen LogP contribution in [0, 0.1) is 23.0 Å². The molecule has 0 heterocycles. The summed E-state index contributed by atoms with van der Waals surface area (Å²) >= 11 is 0. The molecule has 0 radical (unpaired) electrons. The Balaban J connectivity index is 2.69. The number of nitrogens with zero attached hydrogens (tertiary/aromatic N) is 1. The lowest BCUT2D eigenvalue weighted by Crippen LogP contribution is -2.06. The normalized spacial score (nSPS) is 11.2. The summed E-state index contributed by atoms with van der Waals surface area (Å²) in [6.07, 6.45) is -4.81. The molecule has 0 bridgehead atoms. The van der Waals surface area contributed by atoms with Gasteiger partial charge in [-0.05, 0) is 41.5 Å². The molecule has 2 rings (SSSR count). The van der Waals surface area contributed by atoms with E-state index >= 15 is 0 Å². The third kappa shape index (κ3) is 3.19. The summed E-state index contributed by atoms with van der Waals surface area (Å²) in [7, 11) is 0. The van der Waals surface area contributed by atoms with Gasteiger partial charge in [-0.1, -0.05) is 6.07 Å². The summed E-state index contributed by atoms with van der Waals surface area (Å²) < 4.78 is 65.2. The molecule has 0 aliphatic rings. The van der Waals surface area contributed by atoms with Crippen molar-refractivity contribution in [3.8, 4) is 17.2 Å². The van der Waals surface area contributed by atoms with Gasteiger partial charge in [0, 0.05) is 5.56 Å². The fourth-order valence-electron chi connectivity index (χ4n) is 1.95. The zero-order valence-electron chi connectivity index (χ0n) is 10.5. The Bertz CT molecular complexity index is 713. The minimum atomic E-state index is -4.61. The smallest absolute Gasteiger partial charge is 0.207 e. The molecule has 0 spiro atoms. The highest BCUT2D eigenvalue weighted by atomic mass is 19.4. The van der Waals surface area contributed by atoms with Crippen LogP contribution in [0.1, 0.15) is 11.1 Å². The van der Waals surface area contributed by atoms with E-state index < -0.39 is 23.4 Å². The largest absolute Gasteiger partial charge is 0.416 e. The predicted octanol–water partition coefficient (Wildman–Crippen LogP) is 4.72. The lowest BCUT2D eigenvalue weighted by molar-refractivity contribution is -0.137. The van der Waals surface area contributed by atoms with Crippen LogP contribution in [0.5, 0.6) is 0 Å². The van der Waals surface area contributed by atoms with E-state index in [-0.39, 0.29) is 23.1 Å². The van der Waals surface area contributed by atoms with Gasteiger partial charge in [-0.3, -0.25) is 0 Å². The van der Waals surface area contributed by atoms with E-state index in [2.05, 4.69) is 0 Å². The van der Waals surface area contributed by atoms with E-state index in [0.717, 1.165) is 36.4 Å². The van der Waals surface area contributed by atoms with Crippen LogP contribution in [0.15, 0.2) is 36.4 Å². The van der Waals surface area contributed by atoms with E-state index in [1.165, 1.54) is 0 Å². The van der Waals surface area contributed by atoms with E-state index in [0.29, 0.717) is 0 Å². The average molecular weight is 297 g/mol. The van der Waals surface area contributed by atoms with Crippen molar-refractivity contribution in [2.24, 2.45) is 0 Å². The van der Waals surface area contributed by atoms with Crippen LogP contribution in [0.4, 0.5) is 22.0 Å². The predicted molar refractivity (Wildman–Crippen MR) is 66.1 cm³/mol. The Labute approximate surface area is 117 Å². The molecule has 1 nitrogen and oxygen atoms in total. The molecule has 108 valence electrons. The number of hydrogen-bond acceptors (Lipinski definition) is 1. The van der Waals surface area contributed by atoms with Gasteiger partial charge in [-0.25, -0.2) is 8.78 Å². The van der Waals surface area contributed by atoms with Gasteiger partial charge in [0.25, 0.3) is 0 Å². The SMILES string of the molecule is N#CCc1ccc(C(F)(F)F)cc1-c1cc(F)ccc1F. The fraction of sp³-hybridized carbons (Fsp3) is 0.133. The topological polar surface area (TPSA) is 23.8 Å². The lowest BCUT2D eigenvalue weighted by atomic mass is 9.95. The Kier molecular flexibility index (Phi) is 3.94. The van der Waals surface area contributed by atoms with Gasteiger partial charge in [0.2, 0.25) is 0 Å². The fourth-order valence-corrected chi connectivity index (χ4v) is 1.95. The summed E-state index contributed by atoms with van der Waals surface area (Å²) in [6.45, 7) is 0. The number of benzene rings is 2. The van der Waals surface area contributed by atoms with Crippen molar-refractivity contribution in [1.82, 2.24) is 0 Å². The molecule has 0 N–H and O–H groups in total. The molecule has 0 amide bonds. The number of rotatable bonds is 2. The van der Waals surface area contributed by atoms with E-state index in [4.69, 9.17) is 5.26 Å². The number of halogens is 5. The molecule has 21 heavy (non-hydrogen) atoms. The first-order valence-electron chi connectivity index (χ1n) is 5.85. The molecular formula is C15H8F5N. The van der Waals surface area contributed by atoms with Crippen molar-refractivity contribution in [1.29, 1.82) is 5.26 Å². The summed E-state index contributed by atoms with van der Waals surface area (Å²) in [5, 5.41) is 8.70. The van der Waals surface area contributed by atoms with Crippen molar-refractivity contribution >= 4 is 0 Å². The Morgan fingerprint density at radius 3 is 2.29 bits per heavy atom. The summed E-state index contributed by atoms with van der Waals surface area (Å²) in [5.74, 6) is -1.62. The second kappa shape index (κ2) is 5.52. The van der Waals surface area contributed by atoms with Crippen molar-refractivity contribution in [3.05, 3.63) is 59.2 Å². The molecule has 2 aromatic carbocycles. The molecule has 6 heteroatoms. The van der Waals surface area contributed by atoms with E-state index in [9.17, 15) is 22.0 Å². The van der Waals surface area contributed by atoms with Crippen molar-refractivity contribution < 1.29 is 22.0 Å². The first-order chi connectivity index (χ1) is 9.82. The highest BCUT2D eigenvalue weighted by Crippen LogP contribution is 2.35. The molecule has 0 aliphatic heterocycles. The van der Waals surface area contributed by atoms with Gasteiger partial charge in [-0.15, -0.1) is 0 Å². The van der Waals surface area contributed by atoms with Crippen LogP contribution in [-0.4, -0.2) is 0 Å². The number of alkyl halides is 3. The second-order valence-corrected chi connectivity index (χ2v) is 4.33. The maximum absolute atomic E-state index is 13.8.